The van der Waals surface area contributed by atoms with Gasteiger partial charge < -0.3 is 25.2 Å². The average molecular weight is 353 g/mol. The van der Waals surface area contributed by atoms with Crippen molar-refractivity contribution in [3.63, 3.8) is 0 Å². The Bertz CT molecular complexity index is 545. The van der Waals surface area contributed by atoms with Gasteiger partial charge in [0.25, 0.3) is 0 Å². The van der Waals surface area contributed by atoms with E-state index in [1.807, 2.05) is 13.8 Å². The van der Waals surface area contributed by atoms with Crippen LogP contribution in [0, 0.1) is 5.82 Å². The summed E-state index contributed by atoms with van der Waals surface area (Å²) in [6.45, 7) is 6.63. The summed E-state index contributed by atoms with van der Waals surface area (Å²) in [5, 5.41) is 16.8. The zero-order valence-corrected chi connectivity index (χ0v) is 14.9. The third-order valence-corrected chi connectivity index (χ3v) is 4.01. The molecule has 2 rings (SSSR count). The molecule has 0 amide bonds. The molecule has 140 valence electrons. The number of rotatable bonds is 7. The standard InChI is InChI=1S/C18H28FN3O3/c1-3-20-17(22-13-18(23)8-10-24-11-9-18)21-12-14(2)25-16-6-4-15(19)5-7-16/h4-7,14,23H,3,8-13H2,1-2H3,(H2,20,21,22). The van der Waals surface area contributed by atoms with Crippen molar-refractivity contribution in [2.24, 2.45) is 4.99 Å². The molecule has 0 spiro atoms. The average Bonchev–Trinajstić information content (AvgIpc) is 2.60. The lowest BCUT2D eigenvalue weighted by atomic mass is 9.95. The minimum atomic E-state index is -0.795. The molecule has 0 aliphatic carbocycles. The van der Waals surface area contributed by atoms with Gasteiger partial charge in [0.2, 0.25) is 0 Å². The Balaban J connectivity index is 1.83. The summed E-state index contributed by atoms with van der Waals surface area (Å²) < 4.78 is 23.9. The van der Waals surface area contributed by atoms with Crippen LogP contribution in [0.1, 0.15) is 26.7 Å². The Kier molecular flexibility index (Phi) is 7.46. The molecule has 3 N–H and O–H groups in total. The topological polar surface area (TPSA) is 75.1 Å². The second-order valence-corrected chi connectivity index (χ2v) is 6.30. The fourth-order valence-electron chi connectivity index (χ4n) is 2.50. The highest BCUT2D eigenvalue weighted by atomic mass is 19.1. The van der Waals surface area contributed by atoms with E-state index in [9.17, 15) is 9.50 Å². The first-order valence-electron chi connectivity index (χ1n) is 8.75. The van der Waals surface area contributed by atoms with Crippen molar-refractivity contribution in [1.82, 2.24) is 10.6 Å². The molecule has 0 bridgehead atoms. The van der Waals surface area contributed by atoms with Gasteiger partial charge in [-0.2, -0.15) is 0 Å². The molecule has 6 nitrogen and oxygen atoms in total. The lowest BCUT2D eigenvalue weighted by Gasteiger charge is -2.30. The fourth-order valence-corrected chi connectivity index (χ4v) is 2.50. The van der Waals surface area contributed by atoms with Gasteiger partial charge in [0.15, 0.2) is 5.96 Å². The van der Waals surface area contributed by atoms with Crippen molar-refractivity contribution in [1.29, 1.82) is 0 Å². The van der Waals surface area contributed by atoms with E-state index in [1.54, 1.807) is 12.1 Å². The number of nitrogens with zero attached hydrogens (tertiary/aromatic N) is 1. The zero-order chi connectivity index (χ0) is 18.1. The number of hydrogen-bond donors (Lipinski definition) is 3. The normalized spacial score (nSPS) is 18.5. The first-order chi connectivity index (χ1) is 12.0. The highest BCUT2D eigenvalue weighted by molar-refractivity contribution is 5.79. The van der Waals surface area contributed by atoms with Gasteiger partial charge >= 0.3 is 0 Å². The molecule has 1 fully saturated rings. The largest absolute Gasteiger partial charge is 0.489 e. The zero-order valence-electron chi connectivity index (χ0n) is 14.9. The van der Waals surface area contributed by atoms with E-state index in [1.165, 1.54) is 12.1 Å². The van der Waals surface area contributed by atoms with Crippen LogP contribution in [-0.4, -0.2) is 55.6 Å². The molecule has 0 saturated carbocycles. The first-order valence-corrected chi connectivity index (χ1v) is 8.75. The van der Waals surface area contributed by atoms with E-state index in [-0.39, 0.29) is 11.9 Å². The third-order valence-electron chi connectivity index (χ3n) is 4.01. The summed E-state index contributed by atoms with van der Waals surface area (Å²) in [6, 6.07) is 5.95. The molecule has 1 aromatic carbocycles. The predicted octanol–water partition coefficient (Wildman–Crippen LogP) is 1.69. The summed E-state index contributed by atoms with van der Waals surface area (Å²) in [5.74, 6) is 0.969. The maximum Gasteiger partial charge on any atom is 0.191 e. The molecule has 0 radical (unpaired) electrons. The van der Waals surface area contributed by atoms with Crippen molar-refractivity contribution < 1.29 is 19.0 Å². The maximum atomic E-state index is 12.9. The molecule has 0 aromatic heterocycles. The summed E-state index contributed by atoms with van der Waals surface area (Å²) in [5.41, 5.74) is -0.795. The molecule has 1 aliphatic rings. The van der Waals surface area contributed by atoms with Crippen LogP contribution >= 0.6 is 0 Å². The molecule has 25 heavy (non-hydrogen) atoms. The fraction of sp³-hybridized carbons (Fsp3) is 0.611. The van der Waals surface area contributed by atoms with Gasteiger partial charge in [-0.15, -0.1) is 0 Å². The lowest BCUT2D eigenvalue weighted by molar-refractivity contribution is -0.0565. The molecule has 1 saturated heterocycles. The van der Waals surface area contributed by atoms with Crippen LogP contribution in [0.3, 0.4) is 0 Å². The number of halogens is 1. The van der Waals surface area contributed by atoms with E-state index in [4.69, 9.17) is 9.47 Å². The molecule has 1 aromatic rings. The van der Waals surface area contributed by atoms with E-state index in [0.717, 1.165) is 6.54 Å². The number of ether oxygens (including phenoxy) is 2. The Morgan fingerprint density at radius 1 is 1.32 bits per heavy atom. The lowest BCUT2D eigenvalue weighted by Crippen LogP contribution is -2.44. The van der Waals surface area contributed by atoms with E-state index < -0.39 is 5.60 Å². The van der Waals surface area contributed by atoms with Crippen molar-refractivity contribution in [3.8, 4) is 5.75 Å². The molecular formula is C18H28FN3O3. The Morgan fingerprint density at radius 2 is 2.00 bits per heavy atom. The molecule has 1 heterocycles. The SMILES string of the molecule is CCNC(=NCC1(O)CCOCC1)NCC(C)Oc1ccc(F)cc1. The third kappa shape index (κ3) is 6.88. The van der Waals surface area contributed by atoms with E-state index in [2.05, 4.69) is 15.6 Å². The highest BCUT2D eigenvalue weighted by Crippen LogP contribution is 2.20. The molecule has 7 heteroatoms. The first kappa shape index (κ1) is 19.5. The minimum Gasteiger partial charge on any atom is -0.489 e. The number of nitrogens with one attached hydrogen (secondary N) is 2. The number of guanidine groups is 1. The minimum absolute atomic E-state index is 0.125. The summed E-state index contributed by atoms with van der Waals surface area (Å²) in [7, 11) is 0. The Labute approximate surface area is 148 Å². The Morgan fingerprint density at radius 3 is 2.64 bits per heavy atom. The van der Waals surface area contributed by atoms with Gasteiger partial charge in [-0.1, -0.05) is 0 Å². The summed E-state index contributed by atoms with van der Waals surface area (Å²) in [6.07, 6.45) is 1.07. The van der Waals surface area contributed by atoms with Gasteiger partial charge in [0.1, 0.15) is 17.7 Å². The van der Waals surface area contributed by atoms with E-state index >= 15 is 0 Å². The summed E-state index contributed by atoms with van der Waals surface area (Å²) in [4.78, 5) is 4.48. The van der Waals surface area contributed by atoms with Crippen LogP contribution in [-0.2, 0) is 4.74 Å². The van der Waals surface area contributed by atoms with Gasteiger partial charge in [0, 0.05) is 32.6 Å². The van der Waals surface area contributed by atoms with Crippen molar-refractivity contribution in [2.75, 3.05) is 32.8 Å². The van der Waals surface area contributed by atoms with Crippen LogP contribution in [0.25, 0.3) is 0 Å². The molecule has 1 atom stereocenters. The number of hydrogen-bond acceptors (Lipinski definition) is 4. The van der Waals surface area contributed by atoms with Gasteiger partial charge in [0.05, 0.1) is 18.7 Å². The predicted molar refractivity (Wildman–Crippen MR) is 95.5 cm³/mol. The second kappa shape index (κ2) is 9.58. The highest BCUT2D eigenvalue weighted by Gasteiger charge is 2.29. The second-order valence-electron chi connectivity index (χ2n) is 6.30. The number of aliphatic imine (C=N–C) groups is 1. The van der Waals surface area contributed by atoms with Crippen LogP contribution in [0.4, 0.5) is 4.39 Å². The van der Waals surface area contributed by atoms with Crippen LogP contribution in [0.2, 0.25) is 0 Å². The summed E-state index contributed by atoms with van der Waals surface area (Å²) >= 11 is 0. The van der Waals surface area contributed by atoms with Crippen molar-refractivity contribution >= 4 is 5.96 Å². The number of benzene rings is 1. The Hall–Kier alpha value is -1.86. The van der Waals surface area contributed by atoms with E-state index in [0.29, 0.717) is 50.9 Å². The van der Waals surface area contributed by atoms with Crippen LogP contribution in [0.15, 0.2) is 29.3 Å². The van der Waals surface area contributed by atoms with Crippen molar-refractivity contribution in [2.45, 2.75) is 38.4 Å². The van der Waals surface area contributed by atoms with Gasteiger partial charge in [-0.3, -0.25) is 4.99 Å². The monoisotopic (exact) mass is 353 g/mol. The van der Waals surface area contributed by atoms with Crippen LogP contribution < -0.4 is 15.4 Å². The maximum absolute atomic E-state index is 12.9. The number of aliphatic hydroxyl groups is 1. The molecule has 1 unspecified atom stereocenters. The smallest absolute Gasteiger partial charge is 0.191 e. The van der Waals surface area contributed by atoms with Crippen molar-refractivity contribution in [3.05, 3.63) is 30.1 Å². The van der Waals surface area contributed by atoms with Crippen LogP contribution in [0.5, 0.6) is 5.75 Å². The quantitative estimate of drug-likeness (QED) is 0.514. The molecular weight excluding hydrogens is 325 g/mol. The van der Waals surface area contributed by atoms with Gasteiger partial charge in [-0.05, 0) is 38.1 Å². The molecule has 1 aliphatic heterocycles. The van der Waals surface area contributed by atoms with Gasteiger partial charge in [-0.25, -0.2) is 4.39 Å².